The molecule has 0 bridgehead atoms. The number of hydrogen-bond acceptors (Lipinski definition) is 9. The van der Waals surface area contributed by atoms with Gasteiger partial charge in [0.2, 0.25) is 5.91 Å². The predicted octanol–water partition coefficient (Wildman–Crippen LogP) is 11.8. The molecular weight excluding hydrogens is 856 g/mol. The van der Waals surface area contributed by atoms with E-state index in [0.717, 1.165) is 88.2 Å². The van der Waals surface area contributed by atoms with Crippen molar-refractivity contribution >= 4 is 31.4 Å². The Bertz CT molecular complexity index is 1660. The number of hydrogen-bond donors (Lipinski definition) is 4. The summed E-state index contributed by atoms with van der Waals surface area (Å²) < 4.78 is 32.4. The lowest BCUT2D eigenvalue weighted by atomic mass is 9.87. The van der Waals surface area contributed by atoms with Crippen LogP contribution in [0.25, 0.3) is 11.1 Å². The van der Waals surface area contributed by atoms with E-state index in [1.54, 1.807) is 27.7 Å². The van der Waals surface area contributed by atoms with E-state index in [1.165, 1.54) is 25.7 Å². The van der Waals surface area contributed by atoms with Crippen LogP contribution in [0.1, 0.15) is 189 Å². The Kier molecular flexibility index (Phi) is 29.3. The van der Waals surface area contributed by atoms with Crippen molar-refractivity contribution in [3.63, 3.8) is 0 Å². The fraction of sp³-hybridized carbons (Fsp3) is 0.698. The first-order valence-corrected chi connectivity index (χ1v) is 27.0. The average molecular weight is 943 g/mol. The fourth-order valence-corrected chi connectivity index (χ4v) is 10.1. The van der Waals surface area contributed by atoms with Gasteiger partial charge in [0.1, 0.15) is 12.2 Å². The Morgan fingerprint density at radius 1 is 0.576 bits per heavy atom. The second-order valence-corrected chi connectivity index (χ2v) is 20.5. The number of nitrogens with one attached hydrogen (secondary N) is 2. The summed E-state index contributed by atoms with van der Waals surface area (Å²) in [5.41, 5.74) is 2.60. The molecule has 12 nitrogen and oxygen atoms in total. The molecule has 0 aliphatic carbocycles. The lowest BCUT2D eigenvalue weighted by Gasteiger charge is -2.49. The molecule has 66 heavy (non-hydrogen) atoms. The van der Waals surface area contributed by atoms with Crippen LogP contribution in [0.2, 0.25) is 0 Å². The summed E-state index contributed by atoms with van der Waals surface area (Å²) in [6, 6.07) is 15.9. The maximum atomic E-state index is 14.6. The zero-order valence-electron chi connectivity index (χ0n) is 41.7. The maximum absolute atomic E-state index is 14.6. The zero-order valence-corrected chi connectivity index (χ0v) is 42.6. The minimum atomic E-state index is -5.56. The Balaban J connectivity index is 2.57. The van der Waals surface area contributed by atoms with Crippen LogP contribution in [-0.2, 0) is 44.4 Å². The van der Waals surface area contributed by atoms with Gasteiger partial charge >= 0.3 is 25.5 Å². The molecule has 0 saturated heterocycles. The van der Waals surface area contributed by atoms with Gasteiger partial charge in [-0.3, -0.25) is 29.1 Å². The Labute approximate surface area is 398 Å². The van der Waals surface area contributed by atoms with Gasteiger partial charge in [-0.15, -0.1) is 0 Å². The van der Waals surface area contributed by atoms with Gasteiger partial charge < -0.3 is 29.3 Å². The molecule has 3 atom stereocenters. The summed E-state index contributed by atoms with van der Waals surface area (Å²) in [4.78, 5) is 78.4. The smallest absolute Gasteiger partial charge is 0.353 e. The van der Waals surface area contributed by atoms with E-state index in [4.69, 9.17) is 14.2 Å². The second kappa shape index (κ2) is 33.0. The van der Waals surface area contributed by atoms with Gasteiger partial charge in [0.25, 0.3) is 0 Å². The highest BCUT2D eigenvalue weighted by Gasteiger charge is 2.64. The first-order valence-electron chi connectivity index (χ1n) is 25.4. The van der Waals surface area contributed by atoms with Crippen LogP contribution in [0, 0.1) is 11.8 Å². The zero-order chi connectivity index (χ0) is 48.8. The number of ether oxygens (including phenoxy) is 3. The summed E-state index contributed by atoms with van der Waals surface area (Å²) in [7, 11) is -5.56. The molecule has 13 heteroatoms. The fourth-order valence-electron chi connectivity index (χ4n) is 8.45. The van der Waals surface area contributed by atoms with Gasteiger partial charge in [-0.2, -0.15) is 0 Å². The van der Waals surface area contributed by atoms with Crippen molar-refractivity contribution in [2.45, 2.75) is 213 Å². The Hall–Kier alpha value is -3.57. The van der Waals surface area contributed by atoms with Crippen LogP contribution in [0.4, 0.5) is 0 Å². The van der Waals surface area contributed by atoms with Gasteiger partial charge in [-0.1, -0.05) is 199 Å². The van der Waals surface area contributed by atoms with Crippen molar-refractivity contribution in [3.05, 3.63) is 60.2 Å². The number of benzene rings is 2. The van der Waals surface area contributed by atoms with Crippen molar-refractivity contribution in [1.29, 1.82) is 0 Å². The molecule has 4 N–H and O–H groups in total. The summed E-state index contributed by atoms with van der Waals surface area (Å²) in [6.07, 6.45) is 14.3. The number of esters is 3. The number of unbranched alkanes of at least 4 members (excludes halogenated alkanes) is 15. The molecule has 3 unspecified atom stereocenters. The first-order chi connectivity index (χ1) is 31.6. The third-order valence-electron chi connectivity index (χ3n) is 12.2. The van der Waals surface area contributed by atoms with E-state index < -0.39 is 66.8 Å². The van der Waals surface area contributed by atoms with Crippen molar-refractivity contribution in [2.75, 3.05) is 13.2 Å². The van der Waals surface area contributed by atoms with Gasteiger partial charge in [-0.05, 0) is 54.2 Å². The van der Waals surface area contributed by atoms with Gasteiger partial charge in [-0.25, -0.2) is 0 Å². The number of carbonyl (C=O) groups excluding carboxylic acids is 4. The van der Waals surface area contributed by atoms with Gasteiger partial charge in [0.05, 0.1) is 19.1 Å². The van der Waals surface area contributed by atoms with E-state index >= 15 is 0 Å². The molecule has 0 heterocycles. The van der Waals surface area contributed by atoms with E-state index in [-0.39, 0.29) is 38.8 Å². The third-order valence-corrected chi connectivity index (χ3v) is 13.8. The molecular formula is C53H87N2O10P. The summed E-state index contributed by atoms with van der Waals surface area (Å²) >= 11 is 0. The molecule has 0 spiro atoms. The first kappa shape index (κ1) is 58.6. The largest absolute Gasteiger partial charge is 0.466 e. The molecule has 0 fully saturated rings. The topological polar surface area (TPSA) is 178 Å². The second-order valence-electron chi connectivity index (χ2n) is 18.7. The van der Waals surface area contributed by atoms with Crippen molar-refractivity contribution < 1.29 is 47.7 Å². The molecule has 0 saturated carbocycles. The molecule has 0 radical (unpaired) electrons. The average Bonchev–Trinajstić information content (AvgIpc) is 3.28. The Morgan fingerprint density at radius 2 is 1.02 bits per heavy atom. The van der Waals surface area contributed by atoms with Crippen LogP contribution in [-0.4, -0.2) is 70.3 Å². The van der Waals surface area contributed by atoms with E-state index in [1.807, 2.05) is 54.6 Å². The number of amides is 1. The molecule has 0 aromatic heterocycles. The standard InChI is InChI=1S/C53H87N2O10P/c1-8-11-14-17-18-19-22-28-39-63-47(56)37-38-54-52(59)46(40-43-33-35-45(36-34-43)44-29-24-23-25-30-44)55-53(66(60,61)62,50(41(4)5)64-48(57)31-26-20-15-12-9-2)51(42(6)7)65-49(58)32-27-21-16-13-10-3/h23-25,29-30,33-36,41-42,46,50-51,55H,8-22,26-28,31-32,37-40H2,1-7H3,(H,54,59)(H2,60,61,62). The summed E-state index contributed by atoms with van der Waals surface area (Å²) in [5, 5.41) is 3.35. The highest BCUT2D eigenvalue weighted by Crippen LogP contribution is 2.57. The van der Waals surface area contributed by atoms with Crippen LogP contribution in [0.3, 0.4) is 0 Å². The highest BCUT2D eigenvalue weighted by atomic mass is 31.2. The van der Waals surface area contributed by atoms with E-state index in [9.17, 15) is 33.5 Å². The van der Waals surface area contributed by atoms with Crippen LogP contribution in [0.15, 0.2) is 54.6 Å². The lowest BCUT2D eigenvalue weighted by molar-refractivity contribution is -0.169. The summed E-state index contributed by atoms with van der Waals surface area (Å²) in [5.74, 6) is -3.83. The number of rotatable bonds is 37. The van der Waals surface area contributed by atoms with Gasteiger partial charge in [0, 0.05) is 19.4 Å². The number of carbonyl (C=O) groups is 4. The highest BCUT2D eigenvalue weighted by molar-refractivity contribution is 7.53. The van der Waals surface area contributed by atoms with Crippen molar-refractivity contribution in [2.24, 2.45) is 11.8 Å². The molecule has 2 aromatic rings. The molecule has 2 aromatic carbocycles. The van der Waals surface area contributed by atoms with E-state index in [0.29, 0.717) is 18.4 Å². The SMILES string of the molecule is CCCCCCCCCCOC(=O)CCNC(=O)C(Cc1ccc(-c2ccccc2)cc1)NC(C(OC(=O)CCCCCCC)C(C)C)(C(OC(=O)CCCCCCC)C(C)C)P(=O)(O)O. The van der Waals surface area contributed by atoms with Crippen molar-refractivity contribution in [3.8, 4) is 11.1 Å². The monoisotopic (exact) mass is 943 g/mol. The minimum Gasteiger partial charge on any atom is -0.466 e. The Morgan fingerprint density at radius 3 is 1.47 bits per heavy atom. The molecule has 1 amide bonds. The summed E-state index contributed by atoms with van der Waals surface area (Å²) in [6.45, 7) is 13.3. The lowest BCUT2D eigenvalue weighted by Crippen LogP contribution is -2.70. The molecule has 0 aliphatic heterocycles. The molecule has 0 aliphatic rings. The minimum absolute atomic E-state index is 0.0287. The molecule has 374 valence electrons. The maximum Gasteiger partial charge on any atom is 0.353 e. The van der Waals surface area contributed by atoms with Crippen LogP contribution < -0.4 is 10.6 Å². The van der Waals surface area contributed by atoms with E-state index in [2.05, 4.69) is 31.4 Å². The predicted molar refractivity (Wildman–Crippen MR) is 265 cm³/mol. The molecule has 2 rings (SSSR count). The normalized spacial score (nSPS) is 14.0. The van der Waals surface area contributed by atoms with Crippen molar-refractivity contribution in [1.82, 2.24) is 10.6 Å². The van der Waals surface area contributed by atoms with Crippen LogP contribution >= 0.6 is 7.60 Å². The quantitative estimate of drug-likeness (QED) is 0.0219. The van der Waals surface area contributed by atoms with Gasteiger partial charge in [0.15, 0.2) is 5.28 Å². The third kappa shape index (κ3) is 21.6. The van der Waals surface area contributed by atoms with Crippen LogP contribution in [0.5, 0.6) is 0 Å².